The van der Waals surface area contributed by atoms with Gasteiger partial charge in [0.25, 0.3) is 0 Å². The van der Waals surface area contributed by atoms with Crippen LogP contribution >= 0.6 is 0 Å². The maximum atomic E-state index is 12.3. The summed E-state index contributed by atoms with van der Waals surface area (Å²) in [5.74, 6) is 2.77. The number of hydrogen-bond acceptors (Lipinski definition) is 6. The van der Waals surface area contributed by atoms with Crippen molar-refractivity contribution in [1.82, 2.24) is 15.2 Å². The summed E-state index contributed by atoms with van der Waals surface area (Å²) in [6.07, 6.45) is 4.98. The normalized spacial score (nSPS) is 20.0. The number of rotatable bonds is 7. The van der Waals surface area contributed by atoms with E-state index in [9.17, 15) is 9.90 Å². The molecular formula is C22H29N3O4. The number of phenolic OH excluding ortho intramolecular Hbond substituents is 1. The van der Waals surface area contributed by atoms with Gasteiger partial charge < -0.3 is 24.5 Å². The number of benzene rings is 1. The minimum Gasteiger partial charge on any atom is -0.504 e. The highest BCUT2D eigenvalue weighted by Crippen LogP contribution is 2.32. The van der Waals surface area contributed by atoms with Crippen molar-refractivity contribution in [3.05, 3.63) is 29.7 Å². The van der Waals surface area contributed by atoms with E-state index in [4.69, 9.17) is 9.15 Å². The second kappa shape index (κ2) is 8.45. The molecule has 1 saturated heterocycles. The van der Waals surface area contributed by atoms with Crippen molar-refractivity contribution in [3.63, 3.8) is 0 Å². The highest BCUT2D eigenvalue weighted by molar-refractivity contribution is 5.76. The van der Waals surface area contributed by atoms with Gasteiger partial charge in [-0.05, 0) is 56.7 Å². The summed E-state index contributed by atoms with van der Waals surface area (Å²) in [5, 5.41) is 13.3. The third-order valence-electron chi connectivity index (χ3n) is 5.86. The summed E-state index contributed by atoms with van der Waals surface area (Å²) >= 11 is 0. The van der Waals surface area contributed by atoms with Crippen molar-refractivity contribution in [2.75, 3.05) is 20.2 Å². The molecular weight excluding hydrogens is 370 g/mol. The SMILES string of the molecule is COc1cc(-c2nc(CNC3CCC(=O)N(CC4CC4)CC3)c(C)o2)ccc1O. The van der Waals surface area contributed by atoms with Crippen LogP contribution in [0.3, 0.4) is 0 Å². The van der Waals surface area contributed by atoms with Crippen LogP contribution in [-0.2, 0) is 11.3 Å². The summed E-state index contributed by atoms with van der Waals surface area (Å²) in [6.45, 7) is 4.28. The Morgan fingerprint density at radius 3 is 2.90 bits per heavy atom. The van der Waals surface area contributed by atoms with Crippen molar-refractivity contribution in [1.29, 1.82) is 0 Å². The quantitative estimate of drug-likeness (QED) is 0.743. The molecule has 2 N–H and O–H groups in total. The first kappa shape index (κ1) is 19.8. The lowest BCUT2D eigenvalue weighted by atomic mass is 10.1. The summed E-state index contributed by atoms with van der Waals surface area (Å²) in [6, 6.07) is 5.34. The van der Waals surface area contributed by atoms with Gasteiger partial charge in [0.1, 0.15) is 5.76 Å². The van der Waals surface area contributed by atoms with Crippen LogP contribution in [0.15, 0.2) is 22.6 Å². The molecule has 4 rings (SSSR count). The summed E-state index contributed by atoms with van der Waals surface area (Å²) in [7, 11) is 1.51. The van der Waals surface area contributed by atoms with Gasteiger partial charge in [0.05, 0.1) is 12.8 Å². The number of aromatic nitrogens is 1. The third kappa shape index (κ3) is 4.72. The average Bonchev–Trinajstić information content (AvgIpc) is 3.49. The number of aromatic hydroxyl groups is 1. The molecule has 0 spiro atoms. The Hall–Kier alpha value is -2.54. The zero-order chi connectivity index (χ0) is 20.4. The van der Waals surface area contributed by atoms with Gasteiger partial charge >= 0.3 is 0 Å². The van der Waals surface area contributed by atoms with Gasteiger partial charge in [-0.3, -0.25) is 4.79 Å². The van der Waals surface area contributed by atoms with Gasteiger partial charge in [-0.15, -0.1) is 0 Å². The summed E-state index contributed by atoms with van der Waals surface area (Å²) in [4.78, 5) is 19.0. The van der Waals surface area contributed by atoms with Crippen molar-refractivity contribution < 1.29 is 19.1 Å². The number of carbonyl (C=O) groups is 1. The van der Waals surface area contributed by atoms with Crippen LogP contribution in [0.2, 0.25) is 0 Å². The Kier molecular flexibility index (Phi) is 5.76. The fourth-order valence-corrected chi connectivity index (χ4v) is 3.81. The summed E-state index contributed by atoms with van der Waals surface area (Å²) in [5.41, 5.74) is 1.61. The molecule has 156 valence electrons. The van der Waals surface area contributed by atoms with E-state index < -0.39 is 0 Å². The van der Waals surface area contributed by atoms with Crippen LogP contribution in [0.5, 0.6) is 11.5 Å². The molecule has 1 aromatic carbocycles. The average molecular weight is 399 g/mol. The molecule has 7 nitrogen and oxygen atoms in total. The van der Waals surface area contributed by atoms with Crippen molar-refractivity contribution in [2.24, 2.45) is 5.92 Å². The molecule has 1 unspecified atom stereocenters. The van der Waals surface area contributed by atoms with E-state index in [1.165, 1.54) is 20.0 Å². The lowest BCUT2D eigenvalue weighted by molar-refractivity contribution is -0.130. The molecule has 29 heavy (non-hydrogen) atoms. The number of aryl methyl sites for hydroxylation is 1. The predicted octanol–water partition coefficient (Wildman–Crippen LogP) is 3.24. The number of hydrogen-bond donors (Lipinski definition) is 2. The standard InChI is InChI=1S/C22H29N3O4/c1-14-18(24-22(29-14)16-5-7-19(26)20(11-16)28-2)12-23-17-6-8-21(27)25(10-9-17)13-15-3-4-15/h5,7,11,15,17,23,26H,3-4,6,8-10,12-13H2,1-2H3. The minimum atomic E-state index is 0.0834. The number of amides is 1. The topological polar surface area (TPSA) is 87.8 Å². The van der Waals surface area contributed by atoms with Crippen LogP contribution in [0.25, 0.3) is 11.5 Å². The largest absolute Gasteiger partial charge is 0.504 e. The van der Waals surface area contributed by atoms with Gasteiger partial charge in [-0.2, -0.15) is 0 Å². The molecule has 1 aliphatic carbocycles. The third-order valence-corrected chi connectivity index (χ3v) is 5.86. The first-order valence-electron chi connectivity index (χ1n) is 10.4. The zero-order valence-corrected chi connectivity index (χ0v) is 17.1. The van der Waals surface area contributed by atoms with E-state index in [-0.39, 0.29) is 5.75 Å². The van der Waals surface area contributed by atoms with E-state index >= 15 is 0 Å². The van der Waals surface area contributed by atoms with Gasteiger partial charge in [-0.1, -0.05) is 0 Å². The number of phenols is 1. The Bertz CT molecular complexity index is 875. The zero-order valence-electron chi connectivity index (χ0n) is 17.1. The fraction of sp³-hybridized carbons (Fsp3) is 0.545. The maximum absolute atomic E-state index is 12.3. The summed E-state index contributed by atoms with van der Waals surface area (Å²) < 4.78 is 11.0. The number of methoxy groups -OCH3 is 1. The van der Waals surface area contributed by atoms with E-state index in [1.807, 2.05) is 6.92 Å². The highest BCUT2D eigenvalue weighted by atomic mass is 16.5. The number of nitrogens with zero attached hydrogens (tertiary/aromatic N) is 2. The molecule has 1 amide bonds. The van der Waals surface area contributed by atoms with Crippen molar-refractivity contribution in [3.8, 4) is 23.0 Å². The van der Waals surface area contributed by atoms with E-state index in [0.29, 0.717) is 36.6 Å². The van der Waals surface area contributed by atoms with Crippen LogP contribution in [0.1, 0.15) is 43.6 Å². The number of carbonyl (C=O) groups excluding carboxylic acids is 1. The van der Waals surface area contributed by atoms with Gasteiger partial charge in [0.15, 0.2) is 11.5 Å². The molecule has 1 aliphatic heterocycles. The minimum absolute atomic E-state index is 0.0834. The fourth-order valence-electron chi connectivity index (χ4n) is 3.81. The first-order valence-corrected chi connectivity index (χ1v) is 10.4. The monoisotopic (exact) mass is 399 g/mol. The van der Waals surface area contributed by atoms with Gasteiger partial charge in [-0.25, -0.2) is 4.98 Å². The van der Waals surface area contributed by atoms with Gasteiger partial charge in [0.2, 0.25) is 11.8 Å². The van der Waals surface area contributed by atoms with Crippen LogP contribution in [-0.4, -0.2) is 47.1 Å². The molecule has 2 aromatic rings. The molecule has 2 fully saturated rings. The number of nitrogens with one attached hydrogen (secondary N) is 1. The molecule has 0 radical (unpaired) electrons. The molecule has 1 saturated carbocycles. The predicted molar refractivity (Wildman–Crippen MR) is 109 cm³/mol. The molecule has 2 aliphatic rings. The number of oxazole rings is 1. The molecule has 7 heteroatoms. The second-order valence-electron chi connectivity index (χ2n) is 8.10. The Labute approximate surface area is 171 Å². The van der Waals surface area contributed by atoms with Crippen LogP contribution < -0.4 is 10.1 Å². The molecule has 1 atom stereocenters. The maximum Gasteiger partial charge on any atom is 0.226 e. The van der Waals surface area contributed by atoms with Crippen LogP contribution in [0, 0.1) is 12.8 Å². The lowest BCUT2D eigenvalue weighted by Gasteiger charge is -2.20. The van der Waals surface area contributed by atoms with E-state index in [2.05, 4.69) is 15.2 Å². The molecule has 2 heterocycles. The highest BCUT2D eigenvalue weighted by Gasteiger charge is 2.29. The first-order chi connectivity index (χ1) is 14.0. The van der Waals surface area contributed by atoms with Gasteiger partial charge in [0, 0.05) is 37.7 Å². The molecule has 0 bridgehead atoms. The van der Waals surface area contributed by atoms with Crippen molar-refractivity contribution >= 4 is 5.91 Å². The second-order valence-corrected chi connectivity index (χ2v) is 8.10. The lowest BCUT2D eigenvalue weighted by Crippen LogP contribution is -2.33. The van der Waals surface area contributed by atoms with Crippen LogP contribution in [0.4, 0.5) is 0 Å². The van der Waals surface area contributed by atoms with E-state index in [1.54, 1.807) is 18.2 Å². The number of likely N-dealkylation sites (tertiary alicyclic amines) is 1. The number of ether oxygens (including phenoxy) is 1. The Balaban J connectivity index is 1.37. The van der Waals surface area contributed by atoms with Crippen molar-refractivity contribution in [2.45, 2.75) is 51.6 Å². The smallest absolute Gasteiger partial charge is 0.226 e. The van der Waals surface area contributed by atoms with E-state index in [0.717, 1.165) is 48.9 Å². The Morgan fingerprint density at radius 1 is 1.31 bits per heavy atom. The molecule has 1 aromatic heterocycles. The Morgan fingerprint density at radius 2 is 2.14 bits per heavy atom.